The number of imidazole rings is 1. The van der Waals surface area contributed by atoms with Crippen molar-refractivity contribution in [3.05, 3.63) is 35.7 Å². The summed E-state index contributed by atoms with van der Waals surface area (Å²) in [5.74, 6) is 0. The van der Waals surface area contributed by atoms with Crippen LogP contribution in [0.3, 0.4) is 0 Å². The van der Waals surface area contributed by atoms with E-state index in [1.165, 1.54) is 5.69 Å². The Morgan fingerprint density at radius 1 is 1.26 bits per heavy atom. The Kier molecular flexibility index (Phi) is 4.74. The van der Waals surface area contributed by atoms with Gasteiger partial charge < -0.3 is 9.88 Å². The molecule has 104 valence electrons. The molecule has 0 bridgehead atoms. The summed E-state index contributed by atoms with van der Waals surface area (Å²) in [6.07, 6.45) is 6.11. The maximum Gasteiger partial charge on any atom is 0.0953 e. The van der Waals surface area contributed by atoms with Gasteiger partial charge in [0, 0.05) is 19.8 Å². The fourth-order valence-corrected chi connectivity index (χ4v) is 2.06. The number of nitrogens with one attached hydrogen (secondary N) is 1. The van der Waals surface area contributed by atoms with E-state index in [1.807, 2.05) is 18.1 Å². The van der Waals surface area contributed by atoms with Crippen molar-refractivity contribution in [1.29, 1.82) is 0 Å². The van der Waals surface area contributed by atoms with E-state index in [0.717, 1.165) is 43.9 Å². The molecule has 0 spiro atoms. The zero-order valence-electron chi connectivity index (χ0n) is 12.1. The van der Waals surface area contributed by atoms with Crippen LogP contribution in [0.4, 0.5) is 0 Å². The number of rotatable bonds is 7. The summed E-state index contributed by atoms with van der Waals surface area (Å²) in [6.45, 7) is 6.99. The molecule has 5 heteroatoms. The zero-order chi connectivity index (χ0) is 13.7. The highest BCUT2D eigenvalue weighted by Gasteiger charge is 2.05. The van der Waals surface area contributed by atoms with Crippen LogP contribution in [-0.4, -0.2) is 25.9 Å². The van der Waals surface area contributed by atoms with Gasteiger partial charge in [0.15, 0.2) is 0 Å². The maximum atomic E-state index is 4.46. The van der Waals surface area contributed by atoms with E-state index in [4.69, 9.17) is 0 Å². The van der Waals surface area contributed by atoms with Gasteiger partial charge in [0.1, 0.15) is 0 Å². The van der Waals surface area contributed by atoms with Gasteiger partial charge in [-0.1, -0.05) is 13.8 Å². The highest BCUT2D eigenvalue weighted by atomic mass is 15.3. The Morgan fingerprint density at radius 2 is 2.11 bits per heavy atom. The second-order valence-electron chi connectivity index (χ2n) is 4.82. The van der Waals surface area contributed by atoms with Crippen LogP contribution >= 0.6 is 0 Å². The highest BCUT2D eigenvalue weighted by Crippen LogP contribution is 2.07. The van der Waals surface area contributed by atoms with E-state index in [-0.39, 0.29) is 0 Å². The van der Waals surface area contributed by atoms with Gasteiger partial charge in [-0.05, 0) is 25.5 Å². The van der Waals surface area contributed by atoms with Crippen molar-refractivity contribution in [2.75, 3.05) is 6.54 Å². The molecule has 0 fully saturated rings. The molecular formula is C14H23N5. The molecule has 1 N–H and O–H groups in total. The highest BCUT2D eigenvalue weighted by molar-refractivity contribution is 5.11. The molecule has 2 heterocycles. The second-order valence-corrected chi connectivity index (χ2v) is 4.82. The fraction of sp³-hybridized carbons (Fsp3) is 0.571. The lowest BCUT2D eigenvalue weighted by atomic mass is 10.3. The van der Waals surface area contributed by atoms with E-state index >= 15 is 0 Å². The van der Waals surface area contributed by atoms with Gasteiger partial charge in [-0.3, -0.25) is 4.68 Å². The molecule has 0 saturated heterocycles. The van der Waals surface area contributed by atoms with Gasteiger partial charge in [0.25, 0.3) is 0 Å². The van der Waals surface area contributed by atoms with Gasteiger partial charge in [-0.15, -0.1) is 0 Å². The summed E-state index contributed by atoms with van der Waals surface area (Å²) in [6, 6.07) is 2.16. The number of nitrogens with zero attached hydrogens (tertiary/aromatic N) is 4. The molecule has 0 saturated carbocycles. The van der Waals surface area contributed by atoms with Gasteiger partial charge in [0.05, 0.1) is 30.0 Å². The summed E-state index contributed by atoms with van der Waals surface area (Å²) in [5, 5.41) is 7.82. The summed E-state index contributed by atoms with van der Waals surface area (Å²) >= 11 is 0. The minimum Gasteiger partial charge on any atom is -0.331 e. The van der Waals surface area contributed by atoms with E-state index in [2.05, 4.69) is 46.1 Å². The van der Waals surface area contributed by atoms with Crippen molar-refractivity contribution in [2.45, 2.75) is 39.8 Å². The van der Waals surface area contributed by atoms with Crippen molar-refractivity contribution < 1.29 is 0 Å². The Hall–Kier alpha value is -1.62. The van der Waals surface area contributed by atoms with Crippen LogP contribution in [-0.2, 0) is 26.6 Å². The van der Waals surface area contributed by atoms with Crippen LogP contribution in [0.1, 0.15) is 37.4 Å². The molecule has 2 aromatic heterocycles. The van der Waals surface area contributed by atoms with Gasteiger partial charge >= 0.3 is 0 Å². The summed E-state index contributed by atoms with van der Waals surface area (Å²) in [4.78, 5) is 4.41. The van der Waals surface area contributed by atoms with E-state index in [0.29, 0.717) is 0 Å². The SMILES string of the molecule is CCCNCc1cn(Cc2cc(CC)nn2C)cn1. The molecule has 19 heavy (non-hydrogen) atoms. The molecule has 0 atom stereocenters. The molecule has 0 aliphatic heterocycles. The lowest BCUT2D eigenvalue weighted by Crippen LogP contribution is -2.13. The van der Waals surface area contributed by atoms with Crippen molar-refractivity contribution in [1.82, 2.24) is 24.6 Å². The van der Waals surface area contributed by atoms with Crippen LogP contribution < -0.4 is 5.32 Å². The molecular weight excluding hydrogens is 238 g/mol. The number of aryl methyl sites for hydroxylation is 2. The number of hydrogen-bond donors (Lipinski definition) is 1. The summed E-state index contributed by atoms with van der Waals surface area (Å²) < 4.78 is 4.06. The molecule has 0 amide bonds. The summed E-state index contributed by atoms with van der Waals surface area (Å²) in [7, 11) is 2.00. The first-order chi connectivity index (χ1) is 9.22. The fourth-order valence-electron chi connectivity index (χ4n) is 2.06. The Balaban J connectivity index is 1.97. The van der Waals surface area contributed by atoms with Crippen LogP contribution in [0.15, 0.2) is 18.6 Å². The Bertz CT molecular complexity index is 512. The van der Waals surface area contributed by atoms with Crippen molar-refractivity contribution in [2.24, 2.45) is 7.05 Å². The third-order valence-electron chi connectivity index (χ3n) is 3.15. The second kappa shape index (κ2) is 6.52. The summed E-state index contributed by atoms with van der Waals surface area (Å²) in [5.41, 5.74) is 3.44. The van der Waals surface area contributed by atoms with Crippen LogP contribution in [0, 0.1) is 0 Å². The monoisotopic (exact) mass is 261 g/mol. The lowest BCUT2D eigenvalue weighted by molar-refractivity contribution is 0.655. The topological polar surface area (TPSA) is 47.7 Å². The van der Waals surface area contributed by atoms with Crippen molar-refractivity contribution in [3.63, 3.8) is 0 Å². The Morgan fingerprint density at radius 3 is 2.79 bits per heavy atom. The maximum absolute atomic E-state index is 4.46. The predicted molar refractivity (Wildman–Crippen MR) is 75.9 cm³/mol. The number of hydrogen-bond acceptors (Lipinski definition) is 3. The first-order valence-corrected chi connectivity index (χ1v) is 6.96. The molecule has 0 unspecified atom stereocenters. The minimum atomic E-state index is 0.824. The van der Waals surface area contributed by atoms with Gasteiger partial charge in [-0.2, -0.15) is 5.10 Å². The van der Waals surface area contributed by atoms with Crippen LogP contribution in [0.5, 0.6) is 0 Å². The standard InChI is InChI=1S/C14H23N5/c1-4-6-15-8-13-9-19(11-16-13)10-14-7-12(5-2)17-18(14)3/h7,9,11,15H,4-6,8,10H2,1-3H3. The third kappa shape index (κ3) is 3.67. The molecule has 2 rings (SSSR count). The van der Waals surface area contributed by atoms with E-state index < -0.39 is 0 Å². The van der Waals surface area contributed by atoms with Crippen molar-refractivity contribution >= 4 is 0 Å². The van der Waals surface area contributed by atoms with Crippen LogP contribution in [0.25, 0.3) is 0 Å². The molecule has 0 aromatic carbocycles. The first kappa shape index (κ1) is 13.8. The zero-order valence-corrected chi connectivity index (χ0v) is 12.1. The smallest absolute Gasteiger partial charge is 0.0953 e. The van der Waals surface area contributed by atoms with E-state index in [9.17, 15) is 0 Å². The average molecular weight is 261 g/mol. The van der Waals surface area contributed by atoms with Gasteiger partial charge in [-0.25, -0.2) is 4.98 Å². The molecule has 0 aliphatic carbocycles. The largest absolute Gasteiger partial charge is 0.331 e. The minimum absolute atomic E-state index is 0.824. The average Bonchev–Trinajstić information content (AvgIpc) is 2.98. The molecule has 5 nitrogen and oxygen atoms in total. The quantitative estimate of drug-likeness (QED) is 0.772. The molecule has 0 radical (unpaired) electrons. The van der Waals surface area contributed by atoms with Crippen LogP contribution in [0.2, 0.25) is 0 Å². The normalized spacial score (nSPS) is 11.1. The molecule has 0 aliphatic rings. The number of aromatic nitrogens is 4. The van der Waals surface area contributed by atoms with Gasteiger partial charge in [0.2, 0.25) is 0 Å². The lowest BCUT2D eigenvalue weighted by Gasteiger charge is -2.02. The third-order valence-corrected chi connectivity index (χ3v) is 3.15. The molecule has 2 aromatic rings. The van der Waals surface area contributed by atoms with E-state index in [1.54, 1.807) is 0 Å². The predicted octanol–water partition coefficient (Wildman–Crippen LogP) is 1.73. The first-order valence-electron chi connectivity index (χ1n) is 6.96. The van der Waals surface area contributed by atoms with Crippen molar-refractivity contribution in [3.8, 4) is 0 Å². The Labute approximate surface area is 114 Å².